The average molecular weight is 285 g/mol. The van der Waals surface area contributed by atoms with Crippen molar-refractivity contribution in [2.24, 2.45) is 0 Å². The number of hydrogen-bond acceptors (Lipinski definition) is 1. The highest BCUT2D eigenvalue weighted by Gasteiger charge is 2.29. The summed E-state index contributed by atoms with van der Waals surface area (Å²) in [4.78, 5) is 11.8. The molecule has 1 aromatic rings. The molecule has 0 saturated heterocycles. The van der Waals surface area contributed by atoms with Gasteiger partial charge in [-0.2, -0.15) is 13.2 Å². The summed E-state index contributed by atoms with van der Waals surface area (Å²) in [5.41, 5.74) is 0.330. The maximum atomic E-state index is 12.4. The molecule has 1 rings (SSSR count). The van der Waals surface area contributed by atoms with Gasteiger partial charge in [0.05, 0.1) is 5.56 Å². The lowest BCUT2D eigenvalue weighted by molar-refractivity contribution is -0.137. The molecular weight excluding hydrogens is 267 g/mol. The Kier molecular flexibility index (Phi) is 5.36. The molecule has 0 radical (unpaired) electrons. The average Bonchev–Trinajstić information content (AvgIpc) is 2.38. The smallest absolute Gasteiger partial charge is 0.350 e. The predicted molar refractivity (Wildman–Crippen MR) is 73.0 cm³/mol. The molecular formula is C15H18F3NO. The lowest BCUT2D eigenvalue weighted by Crippen LogP contribution is -2.32. The minimum atomic E-state index is -4.34. The largest absolute Gasteiger partial charge is 0.416 e. The van der Waals surface area contributed by atoms with E-state index in [2.05, 4.69) is 5.32 Å². The fourth-order valence-electron chi connectivity index (χ4n) is 1.52. The Morgan fingerprint density at radius 2 is 1.85 bits per heavy atom. The number of halogens is 3. The lowest BCUT2D eigenvalue weighted by atomic mass is 10.1. The van der Waals surface area contributed by atoms with Crippen molar-refractivity contribution in [3.63, 3.8) is 0 Å². The van der Waals surface area contributed by atoms with Crippen LogP contribution in [-0.4, -0.2) is 11.9 Å². The third kappa shape index (κ3) is 4.72. The highest BCUT2D eigenvalue weighted by molar-refractivity contribution is 5.97. The standard InChI is InChI=1S/C15H18F3NO/c1-4-11(3)19-14(20)10(2)9-12-5-7-13(8-6-12)15(16,17)18/h5-9,11H,4H2,1-3H3,(H,19,20)/b10-9+. The molecule has 0 spiro atoms. The van der Waals surface area contributed by atoms with Gasteiger partial charge in [0.1, 0.15) is 0 Å². The van der Waals surface area contributed by atoms with Gasteiger partial charge in [0.2, 0.25) is 5.91 Å². The summed E-state index contributed by atoms with van der Waals surface area (Å²) in [5, 5.41) is 2.80. The van der Waals surface area contributed by atoms with E-state index in [0.29, 0.717) is 11.1 Å². The first kappa shape index (κ1) is 16.3. The van der Waals surface area contributed by atoms with E-state index in [4.69, 9.17) is 0 Å². The molecule has 1 aromatic carbocycles. The van der Waals surface area contributed by atoms with Crippen LogP contribution in [0.1, 0.15) is 38.3 Å². The molecule has 0 bridgehead atoms. The van der Waals surface area contributed by atoms with Crippen molar-refractivity contribution < 1.29 is 18.0 Å². The van der Waals surface area contributed by atoms with E-state index < -0.39 is 11.7 Å². The molecule has 1 atom stereocenters. The van der Waals surface area contributed by atoms with Gasteiger partial charge in [-0.1, -0.05) is 19.1 Å². The van der Waals surface area contributed by atoms with E-state index in [0.717, 1.165) is 18.6 Å². The molecule has 0 aliphatic rings. The second-order valence-corrected chi connectivity index (χ2v) is 4.73. The van der Waals surface area contributed by atoms with Crippen molar-refractivity contribution in [1.82, 2.24) is 5.32 Å². The summed E-state index contributed by atoms with van der Waals surface area (Å²) in [6.45, 7) is 5.48. The number of amides is 1. The number of carbonyl (C=O) groups is 1. The van der Waals surface area contributed by atoms with Crippen molar-refractivity contribution in [3.05, 3.63) is 41.0 Å². The topological polar surface area (TPSA) is 29.1 Å². The summed E-state index contributed by atoms with van der Waals surface area (Å²) in [7, 11) is 0. The van der Waals surface area contributed by atoms with Crippen molar-refractivity contribution in [3.8, 4) is 0 Å². The Morgan fingerprint density at radius 1 is 1.30 bits per heavy atom. The number of alkyl halides is 3. The quantitative estimate of drug-likeness (QED) is 0.832. The Balaban J connectivity index is 2.81. The van der Waals surface area contributed by atoms with Crippen LogP contribution in [0.15, 0.2) is 29.8 Å². The van der Waals surface area contributed by atoms with Crippen LogP contribution >= 0.6 is 0 Å². The van der Waals surface area contributed by atoms with Crippen LogP contribution in [0.5, 0.6) is 0 Å². The summed E-state index contributed by atoms with van der Waals surface area (Å²) in [6, 6.07) is 4.78. The number of hydrogen-bond donors (Lipinski definition) is 1. The van der Waals surface area contributed by atoms with Crippen molar-refractivity contribution in [2.45, 2.75) is 39.4 Å². The second-order valence-electron chi connectivity index (χ2n) is 4.73. The van der Waals surface area contributed by atoms with Gasteiger partial charge in [-0.15, -0.1) is 0 Å². The molecule has 110 valence electrons. The van der Waals surface area contributed by atoms with Gasteiger partial charge in [0.25, 0.3) is 0 Å². The molecule has 1 N–H and O–H groups in total. The minimum Gasteiger partial charge on any atom is -0.350 e. The Morgan fingerprint density at radius 3 is 2.30 bits per heavy atom. The first-order valence-electron chi connectivity index (χ1n) is 6.40. The molecule has 20 heavy (non-hydrogen) atoms. The summed E-state index contributed by atoms with van der Waals surface area (Å²) >= 11 is 0. The first-order chi connectivity index (χ1) is 9.24. The summed E-state index contributed by atoms with van der Waals surface area (Å²) < 4.78 is 37.2. The molecule has 0 saturated carbocycles. The third-order valence-corrected chi connectivity index (χ3v) is 2.97. The number of rotatable bonds is 4. The molecule has 1 unspecified atom stereocenters. The first-order valence-corrected chi connectivity index (χ1v) is 6.40. The van der Waals surface area contributed by atoms with E-state index in [1.165, 1.54) is 12.1 Å². The molecule has 5 heteroatoms. The maximum absolute atomic E-state index is 12.4. The normalized spacial score (nSPS) is 14.0. The van der Waals surface area contributed by atoms with Crippen molar-refractivity contribution >= 4 is 12.0 Å². The van der Waals surface area contributed by atoms with Gasteiger partial charge < -0.3 is 5.32 Å². The van der Waals surface area contributed by atoms with Gasteiger partial charge in [0, 0.05) is 11.6 Å². The fourth-order valence-corrected chi connectivity index (χ4v) is 1.52. The summed E-state index contributed by atoms with van der Waals surface area (Å²) in [5.74, 6) is -0.209. The third-order valence-electron chi connectivity index (χ3n) is 2.97. The zero-order valence-electron chi connectivity index (χ0n) is 11.7. The molecule has 0 fully saturated rings. The highest BCUT2D eigenvalue weighted by Crippen LogP contribution is 2.29. The van der Waals surface area contributed by atoms with Crippen molar-refractivity contribution in [1.29, 1.82) is 0 Å². The number of nitrogens with one attached hydrogen (secondary N) is 1. The van der Waals surface area contributed by atoms with E-state index in [1.807, 2.05) is 13.8 Å². The van der Waals surface area contributed by atoms with Crippen molar-refractivity contribution in [2.75, 3.05) is 0 Å². The van der Waals surface area contributed by atoms with Crippen LogP contribution in [0.4, 0.5) is 13.2 Å². The van der Waals surface area contributed by atoms with Gasteiger partial charge in [-0.3, -0.25) is 4.79 Å². The molecule has 0 aliphatic heterocycles. The second kappa shape index (κ2) is 6.59. The van der Waals surface area contributed by atoms with Crippen LogP contribution < -0.4 is 5.32 Å². The fraction of sp³-hybridized carbons (Fsp3) is 0.400. The molecule has 0 aromatic heterocycles. The van der Waals surface area contributed by atoms with Crippen LogP contribution in [0.3, 0.4) is 0 Å². The monoisotopic (exact) mass is 285 g/mol. The van der Waals surface area contributed by atoms with E-state index >= 15 is 0 Å². The molecule has 0 aliphatic carbocycles. The number of carbonyl (C=O) groups excluding carboxylic acids is 1. The molecule has 2 nitrogen and oxygen atoms in total. The van der Waals surface area contributed by atoms with Gasteiger partial charge >= 0.3 is 6.18 Å². The molecule has 1 amide bonds. The van der Waals surface area contributed by atoms with Crippen LogP contribution in [0.2, 0.25) is 0 Å². The van der Waals surface area contributed by atoms with Gasteiger partial charge in [0.15, 0.2) is 0 Å². The zero-order chi connectivity index (χ0) is 15.3. The Bertz CT molecular complexity index is 489. The van der Waals surface area contributed by atoms with Crippen LogP contribution in [-0.2, 0) is 11.0 Å². The lowest BCUT2D eigenvalue weighted by Gasteiger charge is -2.11. The zero-order valence-corrected chi connectivity index (χ0v) is 11.7. The molecule has 0 heterocycles. The van der Waals surface area contributed by atoms with Gasteiger partial charge in [-0.25, -0.2) is 0 Å². The minimum absolute atomic E-state index is 0.0680. The summed E-state index contributed by atoms with van der Waals surface area (Å²) in [6.07, 6.45) is -1.96. The Hall–Kier alpha value is -1.78. The highest BCUT2D eigenvalue weighted by atomic mass is 19.4. The van der Waals surface area contributed by atoms with Crippen LogP contribution in [0.25, 0.3) is 6.08 Å². The van der Waals surface area contributed by atoms with Crippen LogP contribution in [0, 0.1) is 0 Å². The van der Waals surface area contributed by atoms with Gasteiger partial charge in [-0.05, 0) is 44.0 Å². The maximum Gasteiger partial charge on any atom is 0.416 e. The van der Waals surface area contributed by atoms with E-state index in [1.54, 1.807) is 13.0 Å². The number of benzene rings is 1. The van der Waals surface area contributed by atoms with E-state index in [9.17, 15) is 18.0 Å². The Labute approximate surface area is 116 Å². The SMILES string of the molecule is CCC(C)NC(=O)/C(C)=C/c1ccc(C(F)(F)F)cc1. The van der Waals surface area contributed by atoms with E-state index in [-0.39, 0.29) is 11.9 Å². The predicted octanol–water partition coefficient (Wildman–Crippen LogP) is 4.02.